The number of ketones is 2. The molecule has 0 N–H and O–H groups in total. The molecule has 1 saturated heterocycles. The predicted octanol–water partition coefficient (Wildman–Crippen LogP) is 6.61. The van der Waals surface area contributed by atoms with Gasteiger partial charge in [-0.25, -0.2) is 0 Å². The quantitative estimate of drug-likeness (QED) is 0.217. The Morgan fingerprint density at radius 3 is 2.10 bits per heavy atom. The highest BCUT2D eigenvalue weighted by Crippen LogP contribution is 2.66. The summed E-state index contributed by atoms with van der Waals surface area (Å²) in [5.41, 5.74) is 2.26. The van der Waals surface area contributed by atoms with Crippen molar-refractivity contribution in [2.24, 2.45) is 10.8 Å². The van der Waals surface area contributed by atoms with Gasteiger partial charge in [0, 0.05) is 18.3 Å². The predicted molar refractivity (Wildman–Crippen MR) is 127 cm³/mol. The molecule has 0 aromatic heterocycles. The molecule has 2 atom stereocenters. The van der Waals surface area contributed by atoms with Crippen LogP contribution in [0.15, 0.2) is 59.3 Å². The number of allylic oxidation sites excluding steroid dienone is 9. The lowest BCUT2D eigenvalue weighted by Crippen LogP contribution is -2.41. The third-order valence-electron chi connectivity index (χ3n) is 7.28. The zero-order valence-corrected chi connectivity index (χ0v) is 20.3. The molecule has 0 amide bonds. The van der Waals surface area contributed by atoms with Gasteiger partial charge in [0.25, 0.3) is 0 Å². The van der Waals surface area contributed by atoms with Crippen molar-refractivity contribution >= 4 is 11.6 Å². The van der Waals surface area contributed by atoms with Crippen LogP contribution in [0.2, 0.25) is 0 Å². The van der Waals surface area contributed by atoms with Crippen LogP contribution >= 0.6 is 0 Å². The number of hydrogen-bond donors (Lipinski definition) is 0. The molecule has 1 heterocycles. The molecule has 168 valence electrons. The molecule has 2 unspecified atom stereocenters. The van der Waals surface area contributed by atoms with Gasteiger partial charge < -0.3 is 4.74 Å². The van der Waals surface area contributed by atoms with Gasteiger partial charge in [-0.3, -0.25) is 9.59 Å². The average molecular weight is 423 g/mol. The standard InChI is InChI=1S/C28H38O3/c1-20(12-13-22-23(29)18-25(3,4)19-24(22)30)10-8-11-21(2)14-17-28-26(5,6)15-9-16-27(28,7)31-28/h8,10-14,17H,9,15-16,18-19H2,1-7H3/b10-8+,17-14+,20-12+,21-11+. The van der Waals surface area contributed by atoms with Gasteiger partial charge in [-0.15, -0.1) is 0 Å². The lowest BCUT2D eigenvalue weighted by atomic mass is 9.64. The minimum Gasteiger partial charge on any atom is -0.358 e. The molecule has 3 fully saturated rings. The number of epoxide rings is 1. The Kier molecular flexibility index (Phi) is 6.23. The van der Waals surface area contributed by atoms with Crippen molar-refractivity contribution in [3.63, 3.8) is 0 Å². The number of ether oxygens (including phenoxy) is 1. The van der Waals surface area contributed by atoms with Crippen LogP contribution in [-0.2, 0) is 14.3 Å². The fourth-order valence-electron chi connectivity index (χ4n) is 5.30. The van der Waals surface area contributed by atoms with Crippen molar-refractivity contribution in [2.75, 3.05) is 0 Å². The van der Waals surface area contributed by atoms with E-state index in [9.17, 15) is 9.59 Å². The molecule has 0 radical (unpaired) electrons. The van der Waals surface area contributed by atoms with E-state index in [2.05, 4.69) is 45.9 Å². The average Bonchev–Trinajstić information content (AvgIpc) is 3.26. The summed E-state index contributed by atoms with van der Waals surface area (Å²) in [6, 6.07) is 0. The van der Waals surface area contributed by atoms with E-state index in [4.69, 9.17) is 4.74 Å². The zero-order valence-electron chi connectivity index (χ0n) is 20.3. The fraction of sp³-hybridized carbons (Fsp3) is 0.571. The Balaban J connectivity index is 1.64. The number of fused-ring (bicyclic) bond motifs is 1. The van der Waals surface area contributed by atoms with Crippen molar-refractivity contribution in [1.82, 2.24) is 0 Å². The zero-order chi connectivity index (χ0) is 23.1. The van der Waals surface area contributed by atoms with E-state index in [1.54, 1.807) is 6.08 Å². The third kappa shape index (κ3) is 4.77. The molecule has 31 heavy (non-hydrogen) atoms. The highest BCUT2D eigenvalue weighted by Gasteiger charge is 2.73. The maximum absolute atomic E-state index is 12.3. The summed E-state index contributed by atoms with van der Waals surface area (Å²) in [4.78, 5) is 24.5. The molecule has 0 aromatic carbocycles. The van der Waals surface area contributed by atoms with Crippen LogP contribution in [-0.4, -0.2) is 22.8 Å². The number of carbonyl (C=O) groups excluding carboxylic acids is 2. The van der Waals surface area contributed by atoms with Crippen molar-refractivity contribution in [3.05, 3.63) is 59.3 Å². The monoisotopic (exact) mass is 422 g/mol. The first-order valence-corrected chi connectivity index (χ1v) is 11.5. The largest absolute Gasteiger partial charge is 0.358 e. The van der Waals surface area contributed by atoms with Crippen LogP contribution in [0, 0.1) is 10.8 Å². The Morgan fingerprint density at radius 2 is 1.48 bits per heavy atom. The fourth-order valence-corrected chi connectivity index (χ4v) is 5.30. The van der Waals surface area contributed by atoms with Crippen molar-refractivity contribution in [1.29, 1.82) is 0 Å². The molecule has 0 aromatic rings. The normalized spacial score (nSPS) is 33.2. The van der Waals surface area contributed by atoms with Crippen LogP contribution in [0.3, 0.4) is 0 Å². The van der Waals surface area contributed by atoms with Gasteiger partial charge in [0.05, 0.1) is 11.2 Å². The van der Waals surface area contributed by atoms with Gasteiger partial charge in [-0.2, -0.15) is 0 Å². The Hall–Kier alpha value is -2.00. The SMILES string of the molecule is CC(/C=C/C=C(C)/C=C/C12OC1(C)CCCC2(C)C)=C\C=C1C(=O)CC(C)(C)CC1=O. The van der Waals surface area contributed by atoms with Crippen molar-refractivity contribution < 1.29 is 14.3 Å². The Bertz CT molecular complexity index is 900. The van der Waals surface area contributed by atoms with Crippen molar-refractivity contribution in [3.8, 4) is 0 Å². The Labute approximate surface area is 188 Å². The first-order chi connectivity index (χ1) is 14.3. The maximum Gasteiger partial charge on any atom is 0.166 e. The van der Waals surface area contributed by atoms with Crippen LogP contribution < -0.4 is 0 Å². The molecule has 3 rings (SSSR count). The van der Waals surface area contributed by atoms with Crippen LogP contribution in [0.5, 0.6) is 0 Å². The topological polar surface area (TPSA) is 46.7 Å². The summed E-state index contributed by atoms with van der Waals surface area (Å²) in [5.74, 6) is -0.0936. The lowest BCUT2D eigenvalue weighted by molar-refractivity contribution is -0.127. The highest BCUT2D eigenvalue weighted by molar-refractivity contribution is 6.22. The summed E-state index contributed by atoms with van der Waals surface area (Å²) in [6.45, 7) is 14.9. The van der Waals surface area contributed by atoms with Gasteiger partial charge in [-0.1, -0.05) is 69.2 Å². The summed E-state index contributed by atoms with van der Waals surface area (Å²) in [5, 5.41) is 0. The number of carbonyl (C=O) groups is 2. The molecule has 3 nitrogen and oxygen atoms in total. The smallest absolute Gasteiger partial charge is 0.166 e. The second kappa shape index (κ2) is 8.16. The minimum absolute atomic E-state index is 0.0165. The second-order valence-corrected chi connectivity index (χ2v) is 11.3. The van der Waals surface area contributed by atoms with Gasteiger partial charge >= 0.3 is 0 Å². The van der Waals surface area contributed by atoms with Gasteiger partial charge in [0.2, 0.25) is 0 Å². The van der Waals surface area contributed by atoms with Crippen LogP contribution in [0.1, 0.15) is 80.6 Å². The van der Waals surface area contributed by atoms with Crippen molar-refractivity contribution in [2.45, 2.75) is 91.8 Å². The lowest BCUT2D eigenvalue weighted by Gasteiger charge is -2.36. The number of Topliss-reactive ketones (excluding diaryl/α,β-unsaturated/α-hetero) is 2. The summed E-state index contributed by atoms with van der Waals surface area (Å²) >= 11 is 0. The van der Waals surface area contributed by atoms with Gasteiger partial charge in [0.1, 0.15) is 5.60 Å². The van der Waals surface area contributed by atoms with E-state index in [0.29, 0.717) is 18.4 Å². The van der Waals surface area contributed by atoms with Crippen LogP contribution in [0.25, 0.3) is 0 Å². The minimum atomic E-state index is -0.227. The van der Waals surface area contributed by atoms with Gasteiger partial charge in [-0.05, 0) is 57.6 Å². The molecular formula is C28H38O3. The summed E-state index contributed by atoms with van der Waals surface area (Å²) in [6.07, 6.45) is 18.5. The summed E-state index contributed by atoms with van der Waals surface area (Å²) < 4.78 is 6.28. The number of hydrogen-bond acceptors (Lipinski definition) is 3. The van der Waals surface area contributed by atoms with E-state index in [-0.39, 0.29) is 33.6 Å². The molecule has 2 saturated carbocycles. The maximum atomic E-state index is 12.3. The van der Waals surface area contributed by atoms with Gasteiger partial charge in [0.15, 0.2) is 11.6 Å². The molecule has 3 aliphatic rings. The van der Waals surface area contributed by atoms with E-state index in [1.165, 1.54) is 12.8 Å². The van der Waals surface area contributed by atoms with E-state index in [1.807, 2.05) is 39.0 Å². The number of rotatable bonds is 5. The molecule has 2 aliphatic carbocycles. The van der Waals surface area contributed by atoms with E-state index < -0.39 is 0 Å². The van der Waals surface area contributed by atoms with E-state index >= 15 is 0 Å². The molecular weight excluding hydrogens is 384 g/mol. The Morgan fingerprint density at radius 1 is 0.871 bits per heavy atom. The molecule has 3 heteroatoms. The first-order valence-electron chi connectivity index (χ1n) is 11.5. The van der Waals surface area contributed by atoms with Crippen LogP contribution in [0.4, 0.5) is 0 Å². The second-order valence-electron chi connectivity index (χ2n) is 11.3. The third-order valence-corrected chi connectivity index (χ3v) is 7.28. The molecule has 0 bridgehead atoms. The molecule has 0 spiro atoms. The highest BCUT2D eigenvalue weighted by atomic mass is 16.6. The first kappa shape index (κ1) is 23.7. The summed E-state index contributed by atoms with van der Waals surface area (Å²) in [7, 11) is 0. The molecule has 1 aliphatic heterocycles. The van der Waals surface area contributed by atoms with E-state index in [0.717, 1.165) is 17.6 Å².